The smallest absolute Gasteiger partial charge is 0.267 e. The minimum atomic E-state index is -0.448. The molecule has 1 N–H and O–H groups in total. The summed E-state index contributed by atoms with van der Waals surface area (Å²) >= 11 is 1.52. The molecule has 23 heavy (non-hydrogen) atoms. The van der Waals surface area contributed by atoms with Gasteiger partial charge in [-0.25, -0.2) is 10.1 Å². The van der Waals surface area contributed by atoms with Gasteiger partial charge in [0.2, 0.25) is 0 Å². The summed E-state index contributed by atoms with van der Waals surface area (Å²) in [4.78, 5) is 25.5. The van der Waals surface area contributed by atoms with Gasteiger partial charge in [-0.15, -0.1) is 11.3 Å². The summed E-state index contributed by atoms with van der Waals surface area (Å²) in [6, 6.07) is 10.7. The summed E-state index contributed by atoms with van der Waals surface area (Å²) in [7, 11) is 0. The average molecular weight is 326 g/mol. The molecule has 2 aromatic heterocycles. The highest BCUT2D eigenvalue weighted by Crippen LogP contribution is 2.13. The first-order chi connectivity index (χ1) is 11.2. The summed E-state index contributed by atoms with van der Waals surface area (Å²) in [5.74, 6) is -0.448. The molecule has 3 aromatic rings. The number of amides is 1. The van der Waals surface area contributed by atoms with Crippen LogP contribution in [0.3, 0.4) is 0 Å². The zero-order valence-corrected chi connectivity index (χ0v) is 13.2. The Kier molecular flexibility index (Phi) is 4.29. The minimum absolute atomic E-state index is 0.186. The quantitative estimate of drug-likeness (QED) is 0.590. The molecular formula is C16H14N4O2S. The second-order valence-corrected chi connectivity index (χ2v) is 5.71. The predicted octanol–water partition coefficient (Wildman–Crippen LogP) is 2.24. The Morgan fingerprint density at radius 3 is 2.78 bits per heavy atom. The molecule has 0 saturated carbocycles. The normalized spacial score (nSPS) is 11.2. The Balaban J connectivity index is 1.97. The van der Waals surface area contributed by atoms with E-state index in [2.05, 4.69) is 15.6 Å². The van der Waals surface area contributed by atoms with Crippen LogP contribution in [0.25, 0.3) is 10.8 Å². The van der Waals surface area contributed by atoms with Gasteiger partial charge in [-0.2, -0.15) is 10.2 Å². The van der Waals surface area contributed by atoms with Crippen LogP contribution in [0.5, 0.6) is 0 Å². The zero-order valence-electron chi connectivity index (χ0n) is 12.4. The maximum atomic E-state index is 12.4. The minimum Gasteiger partial charge on any atom is -0.267 e. The van der Waals surface area contributed by atoms with Gasteiger partial charge in [0.05, 0.1) is 11.6 Å². The van der Waals surface area contributed by atoms with Crippen LogP contribution in [0.4, 0.5) is 0 Å². The molecule has 2 heterocycles. The fraction of sp³-hybridized carbons (Fsp3) is 0.125. The first kappa shape index (κ1) is 15.1. The zero-order chi connectivity index (χ0) is 16.2. The number of hydrogen-bond donors (Lipinski definition) is 1. The van der Waals surface area contributed by atoms with Crippen molar-refractivity contribution in [2.45, 2.75) is 13.5 Å². The molecular weight excluding hydrogens is 312 g/mol. The average Bonchev–Trinajstić information content (AvgIpc) is 3.09. The molecule has 6 nitrogen and oxygen atoms in total. The van der Waals surface area contributed by atoms with E-state index in [9.17, 15) is 9.59 Å². The van der Waals surface area contributed by atoms with E-state index in [4.69, 9.17) is 0 Å². The summed E-state index contributed by atoms with van der Waals surface area (Å²) in [6.07, 6.45) is 1.57. The second-order valence-electron chi connectivity index (χ2n) is 4.73. The number of rotatable bonds is 4. The van der Waals surface area contributed by atoms with Crippen LogP contribution < -0.4 is 11.0 Å². The molecule has 3 rings (SSSR count). The summed E-state index contributed by atoms with van der Waals surface area (Å²) in [5.41, 5.74) is 2.44. The number of nitrogens with one attached hydrogen (secondary N) is 1. The van der Waals surface area contributed by atoms with Gasteiger partial charge in [-0.05, 0) is 24.4 Å². The Hall–Kier alpha value is -2.80. The highest BCUT2D eigenvalue weighted by atomic mass is 32.1. The third kappa shape index (κ3) is 3.04. The van der Waals surface area contributed by atoms with E-state index in [0.717, 1.165) is 4.88 Å². The van der Waals surface area contributed by atoms with E-state index in [-0.39, 0.29) is 11.3 Å². The largest absolute Gasteiger partial charge is 0.292 e. The number of fused-ring (bicyclic) bond motifs is 1. The maximum Gasteiger partial charge on any atom is 0.292 e. The van der Waals surface area contributed by atoms with E-state index in [1.807, 2.05) is 17.5 Å². The Labute approximate surface area is 136 Å². The van der Waals surface area contributed by atoms with E-state index in [0.29, 0.717) is 17.3 Å². The molecule has 0 unspecified atom stereocenters. The van der Waals surface area contributed by atoms with Gasteiger partial charge in [0, 0.05) is 16.8 Å². The van der Waals surface area contributed by atoms with Crippen molar-refractivity contribution in [1.29, 1.82) is 0 Å². The van der Waals surface area contributed by atoms with Crippen molar-refractivity contribution in [2.24, 2.45) is 5.10 Å². The molecule has 0 radical (unpaired) electrons. The van der Waals surface area contributed by atoms with E-state index < -0.39 is 5.91 Å². The first-order valence-electron chi connectivity index (χ1n) is 7.07. The van der Waals surface area contributed by atoms with Crippen molar-refractivity contribution in [3.63, 3.8) is 0 Å². The van der Waals surface area contributed by atoms with Crippen LogP contribution >= 0.6 is 11.3 Å². The Morgan fingerprint density at radius 1 is 1.30 bits per heavy atom. The molecule has 0 spiro atoms. The van der Waals surface area contributed by atoms with E-state index in [1.165, 1.54) is 16.0 Å². The number of nitrogens with zero attached hydrogens (tertiary/aromatic N) is 3. The predicted molar refractivity (Wildman–Crippen MR) is 91.1 cm³/mol. The number of benzene rings is 1. The molecule has 1 amide bonds. The molecule has 7 heteroatoms. The van der Waals surface area contributed by atoms with Gasteiger partial charge in [0.25, 0.3) is 11.5 Å². The summed E-state index contributed by atoms with van der Waals surface area (Å²) in [6.45, 7) is 2.20. The van der Waals surface area contributed by atoms with Crippen LogP contribution in [-0.4, -0.2) is 21.9 Å². The maximum absolute atomic E-state index is 12.4. The van der Waals surface area contributed by atoms with Crippen LogP contribution in [0.1, 0.15) is 22.3 Å². The Morgan fingerprint density at radius 2 is 2.09 bits per heavy atom. The lowest BCUT2D eigenvalue weighted by Crippen LogP contribution is -2.28. The third-order valence-electron chi connectivity index (χ3n) is 3.28. The lowest BCUT2D eigenvalue weighted by Gasteiger charge is -2.08. The molecule has 0 aliphatic rings. The lowest BCUT2D eigenvalue weighted by atomic mass is 10.1. The fourth-order valence-corrected chi connectivity index (χ4v) is 2.77. The van der Waals surface area contributed by atoms with Crippen LogP contribution in [-0.2, 0) is 6.54 Å². The monoisotopic (exact) mass is 326 g/mol. The number of carbonyl (C=O) groups excluding carboxylic acids is 1. The third-order valence-corrected chi connectivity index (χ3v) is 4.09. The standard InChI is InChI=1S/C16H14N4O2S/c1-2-20-16(22)13-8-4-3-7-12(13)14(19-20)15(21)18-17-10-11-6-5-9-23-11/h3-10H,2H2,1H3,(H,18,21)/b17-10-. The Bertz CT molecular complexity index is 929. The van der Waals surface area contributed by atoms with Gasteiger partial charge >= 0.3 is 0 Å². The van der Waals surface area contributed by atoms with Crippen LogP contribution in [0, 0.1) is 0 Å². The molecule has 0 fully saturated rings. The van der Waals surface area contributed by atoms with Crippen molar-refractivity contribution < 1.29 is 4.79 Å². The van der Waals surface area contributed by atoms with Gasteiger partial charge in [-0.1, -0.05) is 24.3 Å². The van der Waals surface area contributed by atoms with Gasteiger partial charge in [-0.3, -0.25) is 9.59 Å². The number of aryl methyl sites for hydroxylation is 1. The highest BCUT2D eigenvalue weighted by molar-refractivity contribution is 7.11. The summed E-state index contributed by atoms with van der Waals surface area (Å²) < 4.78 is 1.28. The number of hydrogen-bond acceptors (Lipinski definition) is 5. The number of aromatic nitrogens is 2. The molecule has 116 valence electrons. The number of hydrazone groups is 1. The topological polar surface area (TPSA) is 76.3 Å². The fourth-order valence-electron chi connectivity index (χ4n) is 2.19. The van der Waals surface area contributed by atoms with Crippen molar-refractivity contribution in [3.8, 4) is 0 Å². The first-order valence-corrected chi connectivity index (χ1v) is 7.95. The molecule has 0 aliphatic carbocycles. The van der Waals surface area contributed by atoms with Gasteiger partial charge in [0.15, 0.2) is 5.69 Å². The van der Waals surface area contributed by atoms with Crippen molar-refractivity contribution in [3.05, 3.63) is 62.7 Å². The highest BCUT2D eigenvalue weighted by Gasteiger charge is 2.15. The van der Waals surface area contributed by atoms with Crippen molar-refractivity contribution >= 4 is 34.2 Å². The van der Waals surface area contributed by atoms with Crippen LogP contribution in [0.2, 0.25) is 0 Å². The van der Waals surface area contributed by atoms with E-state index in [1.54, 1.807) is 37.4 Å². The van der Waals surface area contributed by atoms with Crippen molar-refractivity contribution in [1.82, 2.24) is 15.2 Å². The molecule has 1 aromatic carbocycles. The SMILES string of the molecule is CCn1nc(C(=O)N/N=C\c2cccs2)c2ccccc2c1=O. The lowest BCUT2D eigenvalue weighted by molar-refractivity contribution is 0.0949. The second kappa shape index (κ2) is 6.53. The molecule has 0 aliphatic heterocycles. The van der Waals surface area contributed by atoms with E-state index >= 15 is 0 Å². The molecule has 0 saturated heterocycles. The van der Waals surface area contributed by atoms with Crippen LogP contribution in [0.15, 0.2) is 51.7 Å². The van der Waals surface area contributed by atoms with Crippen molar-refractivity contribution in [2.75, 3.05) is 0 Å². The number of thiophene rings is 1. The van der Waals surface area contributed by atoms with Gasteiger partial charge < -0.3 is 0 Å². The molecule has 0 atom stereocenters. The van der Waals surface area contributed by atoms with Gasteiger partial charge in [0.1, 0.15) is 0 Å². The summed E-state index contributed by atoms with van der Waals surface area (Å²) in [5, 5.41) is 11.0. The number of carbonyl (C=O) groups is 1. The molecule has 0 bridgehead atoms.